The van der Waals surface area contributed by atoms with Gasteiger partial charge in [0.15, 0.2) is 0 Å². The van der Waals surface area contributed by atoms with Crippen molar-refractivity contribution in [3.8, 4) is 22.3 Å². The number of nitrogens with one attached hydrogen (secondary N) is 1. The van der Waals surface area contributed by atoms with Crippen LogP contribution in [-0.4, -0.2) is 0 Å². The van der Waals surface area contributed by atoms with Gasteiger partial charge in [0.25, 0.3) is 0 Å². The van der Waals surface area contributed by atoms with Gasteiger partial charge in [-0.05, 0) is 47.0 Å². The number of nitrogens with two attached hydrogens (primary N) is 1. The number of hydrogen-bond acceptors (Lipinski definition) is 2. The zero-order valence-corrected chi connectivity index (χ0v) is 14.4. The number of para-hydroxylation sites is 1. The van der Waals surface area contributed by atoms with Crippen molar-refractivity contribution in [2.24, 2.45) is 0 Å². The summed E-state index contributed by atoms with van der Waals surface area (Å²) < 4.78 is 0. The molecule has 0 fully saturated rings. The average molecular weight is 336 g/mol. The minimum atomic E-state index is 0.774. The molecule has 0 bridgehead atoms. The van der Waals surface area contributed by atoms with Crippen molar-refractivity contribution >= 4 is 17.1 Å². The molecule has 0 aliphatic rings. The van der Waals surface area contributed by atoms with E-state index in [0.29, 0.717) is 0 Å². The molecule has 4 aromatic carbocycles. The molecule has 0 saturated carbocycles. The maximum atomic E-state index is 6.24. The highest BCUT2D eigenvalue weighted by Gasteiger charge is 2.06. The SMILES string of the molecule is Nc1ccc(Nc2ccccc2)cc1-c1ccc(-c2ccccc2)cc1. The number of anilines is 3. The Morgan fingerprint density at radius 3 is 1.77 bits per heavy atom. The predicted molar refractivity (Wildman–Crippen MR) is 111 cm³/mol. The smallest absolute Gasteiger partial charge is 0.0395 e. The van der Waals surface area contributed by atoms with Crippen molar-refractivity contribution in [3.63, 3.8) is 0 Å². The van der Waals surface area contributed by atoms with Gasteiger partial charge in [-0.3, -0.25) is 0 Å². The van der Waals surface area contributed by atoms with Crippen LogP contribution in [0.5, 0.6) is 0 Å². The molecular weight excluding hydrogens is 316 g/mol. The molecule has 0 heterocycles. The van der Waals surface area contributed by atoms with Crippen LogP contribution in [0, 0.1) is 0 Å². The van der Waals surface area contributed by atoms with E-state index in [9.17, 15) is 0 Å². The molecule has 0 aliphatic carbocycles. The second-order valence-corrected chi connectivity index (χ2v) is 6.24. The molecule has 2 heteroatoms. The van der Waals surface area contributed by atoms with Crippen LogP contribution < -0.4 is 11.1 Å². The number of benzene rings is 4. The summed E-state index contributed by atoms with van der Waals surface area (Å²) in [7, 11) is 0. The van der Waals surface area contributed by atoms with Crippen LogP contribution in [-0.2, 0) is 0 Å². The first-order valence-electron chi connectivity index (χ1n) is 8.67. The summed E-state index contributed by atoms with van der Waals surface area (Å²) >= 11 is 0. The maximum Gasteiger partial charge on any atom is 0.0395 e. The second-order valence-electron chi connectivity index (χ2n) is 6.24. The quantitative estimate of drug-likeness (QED) is 0.426. The highest BCUT2D eigenvalue weighted by atomic mass is 14.9. The van der Waals surface area contributed by atoms with E-state index in [1.807, 2.05) is 48.5 Å². The van der Waals surface area contributed by atoms with Gasteiger partial charge in [0.1, 0.15) is 0 Å². The fourth-order valence-electron chi connectivity index (χ4n) is 3.05. The van der Waals surface area contributed by atoms with E-state index in [1.165, 1.54) is 11.1 Å². The third-order valence-corrected chi connectivity index (χ3v) is 4.42. The molecule has 3 N–H and O–H groups in total. The van der Waals surface area contributed by atoms with Crippen LogP contribution in [0.4, 0.5) is 17.1 Å². The zero-order valence-electron chi connectivity index (χ0n) is 14.4. The Morgan fingerprint density at radius 2 is 1.08 bits per heavy atom. The molecule has 0 amide bonds. The summed E-state index contributed by atoms with van der Waals surface area (Å²) in [5.74, 6) is 0. The highest BCUT2D eigenvalue weighted by molar-refractivity contribution is 5.82. The standard InChI is InChI=1S/C24H20N2/c25-24-16-15-22(26-21-9-5-2-6-10-21)17-23(24)20-13-11-19(12-14-20)18-7-3-1-4-8-18/h1-17,26H,25H2. The Balaban J connectivity index is 1.64. The van der Waals surface area contributed by atoms with E-state index in [2.05, 4.69) is 59.9 Å². The molecule has 0 spiro atoms. The molecule has 0 saturated heterocycles. The van der Waals surface area contributed by atoms with Crippen LogP contribution in [0.1, 0.15) is 0 Å². The third-order valence-electron chi connectivity index (χ3n) is 4.42. The van der Waals surface area contributed by atoms with Gasteiger partial charge in [-0.25, -0.2) is 0 Å². The van der Waals surface area contributed by atoms with Gasteiger partial charge in [-0.15, -0.1) is 0 Å². The van der Waals surface area contributed by atoms with Crippen LogP contribution in [0.25, 0.3) is 22.3 Å². The largest absolute Gasteiger partial charge is 0.398 e. The first kappa shape index (κ1) is 16.0. The average Bonchev–Trinajstić information content (AvgIpc) is 2.71. The number of rotatable bonds is 4. The Bertz CT molecular complexity index is 991. The lowest BCUT2D eigenvalue weighted by atomic mass is 9.99. The summed E-state index contributed by atoms with van der Waals surface area (Å²) in [6.45, 7) is 0. The molecule has 2 nitrogen and oxygen atoms in total. The lowest BCUT2D eigenvalue weighted by Crippen LogP contribution is -1.94. The molecule has 0 aliphatic heterocycles. The minimum absolute atomic E-state index is 0.774. The Hall–Kier alpha value is -3.52. The summed E-state index contributed by atoms with van der Waals surface area (Å²) in [5, 5.41) is 3.42. The molecule has 0 radical (unpaired) electrons. The topological polar surface area (TPSA) is 38.0 Å². The van der Waals surface area contributed by atoms with Crippen LogP contribution in [0.2, 0.25) is 0 Å². The fraction of sp³-hybridized carbons (Fsp3) is 0. The highest BCUT2D eigenvalue weighted by Crippen LogP contribution is 2.31. The first-order valence-corrected chi connectivity index (χ1v) is 8.67. The van der Waals surface area contributed by atoms with E-state index in [-0.39, 0.29) is 0 Å². The van der Waals surface area contributed by atoms with Crippen molar-refractivity contribution < 1.29 is 0 Å². The van der Waals surface area contributed by atoms with Gasteiger partial charge in [0.05, 0.1) is 0 Å². The Morgan fingerprint density at radius 1 is 0.500 bits per heavy atom. The number of hydrogen-bond donors (Lipinski definition) is 2. The first-order chi connectivity index (χ1) is 12.8. The monoisotopic (exact) mass is 336 g/mol. The fourth-order valence-corrected chi connectivity index (χ4v) is 3.05. The molecular formula is C24H20N2. The van der Waals surface area contributed by atoms with E-state index in [0.717, 1.165) is 28.2 Å². The van der Waals surface area contributed by atoms with Gasteiger partial charge in [0.2, 0.25) is 0 Å². The summed E-state index contributed by atoms with van der Waals surface area (Å²) in [5.41, 5.74) is 13.6. The summed E-state index contributed by atoms with van der Waals surface area (Å²) in [6, 6.07) is 35.1. The minimum Gasteiger partial charge on any atom is -0.398 e. The Kier molecular flexibility index (Phi) is 4.40. The van der Waals surface area contributed by atoms with E-state index in [4.69, 9.17) is 5.73 Å². The van der Waals surface area contributed by atoms with Gasteiger partial charge in [-0.1, -0.05) is 72.8 Å². The molecule has 0 unspecified atom stereocenters. The van der Waals surface area contributed by atoms with E-state index < -0.39 is 0 Å². The van der Waals surface area contributed by atoms with Gasteiger partial charge in [-0.2, -0.15) is 0 Å². The summed E-state index contributed by atoms with van der Waals surface area (Å²) in [4.78, 5) is 0. The molecule has 4 rings (SSSR count). The van der Waals surface area contributed by atoms with Crippen molar-refractivity contribution in [2.45, 2.75) is 0 Å². The summed E-state index contributed by atoms with van der Waals surface area (Å²) in [6.07, 6.45) is 0. The van der Waals surface area contributed by atoms with Gasteiger partial charge >= 0.3 is 0 Å². The molecule has 26 heavy (non-hydrogen) atoms. The van der Waals surface area contributed by atoms with Crippen molar-refractivity contribution in [2.75, 3.05) is 11.1 Å². The zero-order chi connectivity index (χ0) is 17.8. The normalized spacial score (nSPS) is 10.5. The van der Waals surface area contributed by atoms with Gasteiger partial charge < -0.3 is 11.1 Å². The maximum absolute atomic E-state index is 6.24. The second kappa shape index (κ2) is 7.16. The van der Waals surface area contributed by atoms with Gasteiger partial charge in [0, 0.05) is 22.6 Å². The van der Waals surface area contributed by atoms with E-state index in [1.54, 1.807) is 0 Å². The van der Waals surface area contributed by atoms with Crippen molar-refractivity contribution in [1.82, 2.24) is 0 Å². The molecule has 4 aromatic rings. The third kappa shape index (κ3) is 3.45. The molecule has 0 atom stereocenters. The predicted octanol–water partition coefficient (Wildman–Crippen LogP) is 6.35. The van der Waals surface area contributed by atoms with E-state index >= 15 is 0 Å². The Labute approximate surface area is 153 Å². The lowest BCUT2D eigenvalue weighted by Gasteiger charge is -2.12. The van der Waals surface area contributed by atoms with Crippen molar-refractivity contribution in [1.29, 1.82) is 0 Å². The molecule has 126 valence electrons. The van der Waals surface area contributed by atoms with Crippen molar-refractivity contribution in [3.05, 3.63) is 103 Å². The van der Waals surface area contributed by atoms with Crippen LogP contribution in [0.15, 0.2) is 103 Å². The van der Waals surface area contributed by atoms with Crippen LogP contribution >= 0.6 is 0 Å². The molecule has 0 aromatic heterocycles. The lowest BCUT2D eigenvalue weighted by molar-refractivity contribution is 1.53. The number of nitrogen functional groups attached to an aromatic ring is 1. The van der Waals surface area contributed by atoms with Crippen LogP contribution in [0.3, 0.4) is 0 Å².